The molecule has 0 aromatic heterocycles. The van der Waals surface area contributed by atoms with Gasteiger partial charge in [-0.1, -0.05) is 49.4 Å². The molecule has 0 saturated heterocycles. The third kappa shape index (κ3) is 10.2. The van der Waals surface area contributed by atoms with Crippen LogP contribution in [0.3, 0.4) is 0 Å². The topological polar surface area (TPSA) is 181 Å². The van der Waals surface area contributed by atoms with Crippen molar-refractivity contribution in [1.82, 2.24) is 5.32 Å². The van der Waals surface area contributed by atoms with Crippen LogP contribution in [0.1, 0.15) is 113 Å². The largest absolute Gasteiger partial charge is 0.497 e. The van der Waals surface area contributed by atoms with Crippen molar-refractivity contribution in [2.45, 2.75) is 90.1 Å². The summed E-state index contributed by atoms with van der Waals surface area (Å²) in [6.07, 6.45) is 6.97. The predicted molar refractivity (Wildman–Crippen MR) is 215 cm³/mol. The van der Waals surface area contributed by atoms with Crippen molar-refractivity contribution >= 4 is 17.3 Å². The number of unbranched alkanes of at least 4 members (excludes halogenated alkanes) is 6. The van der Waals surface area contributed by atoms with Crippen LogP contribution < -0.4 is 29.6 Å². The van der Waals surface area contributed by atoms with Crippen molar-refractivity contribution in [2.24, 2.45) is 5.16 Å². The van der Waals surface area contributed by atoms with Gasteiger partial charge in [0.05, 0.1) is 65.1 Å². The number of methoxy groups -OCH3 is 2. The van der Waals surface area contributed by atoms with E-state index in [1.807, 2.05) is 48.5 Å². The van der Waals surface area contributed by atoms with E-state index in [0.29, 0.717) is 76.2 Å². The average molecular weight is 784 g/mol. The quantitative estimate of drug-likeness (QED) is 0.0503. The third-order valence-electron chi connectivity index (χ3n) is 10.4. The van der Waals surface area contributed by atoms with Crippen LogP contribution in [0.2, 0.25) is 0 Å². The number of rotatable bonds is 21. The number of amides is 1. The van der Waals surface area contributed by atoms with Crippen LogP contribution in [0.15, 0.2) is 71.9 Å². The number of anilines is 1. The zero-order chi connectivity index (χ0) is 40.1. The SMILES string of the molecule is COc1ccc2c(c1)C(=O)NC(c1ccc(OCCCCCCCCCOc3cc(C4CC(c5cc(CO)c(CO)c(CO)c5)=NO4)ccc3OC)c(CO)c1)N2. The summed E-state index contributed by atoms with van der Waals surface area (Å²) in [6, 6.07) is 20.2. The van der Waals surface area contributed by atoms with Gasteiger partial charge < -0.3 is 54.8 Å². The number of nitrogens with zero attached hydrogens (tertiary/aromatic N) is 1. The molecule has 0 spiro atoms. The highest BCUT2D eigenvalue weighted by atomic mass is 16.6. The lowest BCUT2D eigenvalue weighted by Crippen LogP contribution is -2.38. The van der Waals surface area contributed by atoms with E-state index in [-0.39, 0.29) is 38.4 Å². The number of benzene rings is 4. The number of oxime groups is 1. The van der Waals surface area contributed by atoms with Crippen LogP contribution in [-0.4, -0.2) is 59.5 Å². The van der Waals surface area contributed by atoms with Gasteiger partial charge in [0.15, 0.2) is 17.6 Å². The van der Waals surface area contributed by atoms with Gasteiger partial charge in [0.2, 0.25) is 0 Å². The number of carbonyl (C=O) groups is 1. The fraction of sp³-hybridized carbons (Fsp3) is 0.409. The Morgan fingerprint density at radius 2 is 1.32 bits per heavy atom. The number of carbonyl (C=O) groups excluding carboxylic acids is 1. The van der Waals surface area contributed by atoms with Gasteiger partial charge in [-0.25, -0.2) is 0 Å². The molecule has 2 aliphatic rings. The van der Waals surface area contributed by atoms with E-state index >= 15 is 0 Å². The van der Waals surface area contributed by atoms with E-state index in [9.17, 15) is 25.2 Å². The molecule has 6 N–H and O–H groups in total. The maximum Gasteiger partial charge on any atom is 0.255 e. The van der Waals surface area contributed by atoms with E-state index in [4.69, 9.17) is 23.8 Å². The lowest BCUT2D eigenvalue weighted by molar-refractivity contribution is 0.0854. The second-order valence-corrected chi connectivity index (χ2v) is 14.2. The highest BCUT2D eigenvalue weighted by Gasteiger charge is 2.27. The van der Waals surface area contributed by atoms with Gasteiger partial charge >= 0.3 is 0 Å². The van der Waals surface area contributed by atoms with Crippen LogP contribution in [-0.2, 0) is 31.3 Å². The summed E-state index contributed by atoms with van der Waals surface area (Å²) >= 11 is 0. The summed E-state index contributed by atoms with van der Waals surface area (Å²) in [5.74, 6) is 2.35. The molecule has 6 rings (SSSR count). The van der Waals surface area contributed by atoms with Gasteiger partial charge in [-0.2, -0.15) is 0 Å². The summed E-state index contributed by atoms with van der Waals surface area (Å²) in [5.41, 5.74) is 6.69. The Kier molecular flexibility index (Phi) is 14.6. The number of aliphatic hydroxyl groups is 4. The van der Waals surface area contributed by atoms with Crippen molar-refractivity contribution in [1.29, 1.82) is 0 Å². The molecule has 2 heterocycles. The van der Waals surface area contributed by atoms with Crippen molar-refractivity contribution in [3.8, 4) is 23.0 Å². The molecule has 2 unspecified atom stereocenters. The standard InChI is InChI=1S/C44H53N3O10/c1-53-34-12-13-37-35(22-34)44(52)46-43(45-37)29-11-14-39(33(18-29)26-50)55-16-8-6-4-3-5-7-9-17-56-42-21-28(10-15-40(42)54-2)41-23-38(47-57-41)30-19-31(24-48)36(27-51)32(20-30)25-49/h10-15,18-22,41,43,45,48-51H,3-9,16-17,23-27H2,1-2H3,(H,46,52). The summed E-state index contributed by atoms with van der Waals surface area (Å²) in [7, 11) is 3.18. The minimum Gasteiger partial charge on any atom is -0.497 e. The first-order valence-corrected chi connectivity index (χ1v) is 19.5. The van der Waals surface area contributed by atoms with Crippen LogP contribution in [0.4, 0.5) is 5.69 Å². The van der Waals surface area contributed by atoms with Crippen molar-refractivity contribution in [2.75, 3.05) is 32.8 Å². The minimum absolute atomic E-state index is 0.173. The second kappa shape index (κ2) is 20.2. The highest BCUT2D eigenvalue weighted by molar-refractivity contribution is 6.02. The molecular weight excluding hydrogens is 730 g/mol. The zero-order valence-electron chi connectivity index (χ0n) is 32.6. The molecule has 13 nitrogen and oxygen atoms in total. The zero-order valence-corrected chi connectivity index (χ0v) is 32.6. The van der Waals surface area contributed by atoms with E-state index < -0.39 is 6.17 Å². The molecule has 304 valence electrons. The number of hydrogen-bond acceptors (Lipinski definition) is 12. The van der Waals surface area contributed by atoms with E-state index in [1.54, 1.807) is 32.4 Å². The fourth-order valence-electron chi connectivity index (χ4n) is 7.21. The molecule has 1 amide bonds. The number of fused-ring (bicyclic) bond motifs is 1. The molecule has 0 bridgehead atoms. The normalized spacial score (nSPS) is 15.9. The molecule has 0 aliphatic carbocycles. The van der Waals surface area contributed by atoms with E-state index in [1.165, 1.54) is 0 Å². The van der Waals surface area contributed by atoms with E-state index in [2.05, 4.69) is 15.8 Å². The lowest BCUT2D eigenvalue weighted by Gasteiger charge is -2.29. The van der Waals surface area contributed by atoms with E-state index in [0.717, 1.165) is 67.3 Å². The molecule has 4 aromatic rings. The first kappa shape index (κ1) is 41.3. The molecular formula is C44H53N3O10. The van der Waals surface area contributed by atoms with Crippen LogP contribution in [0.25, 0.3) is 0 Å². The van der Waals surface area contributed by atoms with Crippen LogP contribution in [0, 0.1) is 0 Å². The fourth-order valence-corrected chi connectivity index (χ4v) is 7.21. The number of nitrogens with one attached hydrogen (secondary N) is 2. The van der Waals surface area contributed by atoms with Gasteiger partial charge in [-0.15, -0.1) is 0 Å². The molecule has 0 radical (unpaired) electrons. The molecule has 13 heteroatoms. The molecule has 0 fully saturated rings. The van der Waals surface area contributed by atoms with Crippen molar-refractivity contribution in [3.63, 3.8) is 0 Å². The summed E-state index contributed by atoms with van der Waals surface area (Å²) < 4.78 is 23.0. The maximum absolute atomic E-state index is 12.8. The Bertz CT molecular complexity index is 1990. The third-order valence-corrected chi connectivity index (χ3v) is 10.4. The summed E-state index contributed by atoms with van der Waals surface area (Å²) in [5, 5.41) is 50.0. The smallest absolute Gasteiger partial charge is 0.255 e. The lowest BCUT2D eigenvalue weighted by atomic mass is 9.94. The van der Waals surface area contributed by atoms with Gasteiger partial charge in [0.25, 0.3) is 5.91 Å². The Morgan fingerprint density at radius 3 is 1.96 bits per heavy atom. The summed E-state index contributed by atoms with van der Waals surface area (Å²) in [6.45, 7) is 0.156. The highest BCUT2D eigenvalue weighted by Crippen LogP contribution is 2.37. The summed E-state index contributed by atoms with van der Waals surface area (Å²) in [4.78, 5) is 18.6. The minimum atomic E-state index is -0.435. The Labute approximate surface area is 333 Å². The van der Waals surface area contributed by atoms with Gasteiger partial charge in [0, 0.05) is 23.2 Å². The first-order valence-electron chi connectivity index (χ1n) is 19.5. The monoisotopic (exact) mass is 783 g/mol. The van der Waals surface area contributed by atoms with Gasteiger partial charge in [0.1, 0.15) is 17.7 Å². The number of ether oxygens (including phenoxy) is 4. The average Bonchev–Trinajstić information content (AvgIpc) is 3.75. The van der Waals surface area contributed by atoms with Crippen molar-refractivity contribution < 1.29 is 49.0 Å². The Morgan fingerprint density at radius 1 is 0.667 bits per heavy atom. The molecule has 2 atom stereocenters. The van der Waals surface area contributed by atoms with Crippen LogP contribution >= 0.6 is 0 Å². The van der Waals surface area contributed by atoms with Gasteiger partial charge in [-0.05, 0) is 95.3 Å². The first-order chi connectivity index (χ1) is 27.9. The molecule has 0 saturated carbocycles. The second-order valence-electron chi connectivity index (χ2n) is 14.2. The molecule has 57 heavy (non-hydrogen) atoms. The predicted octanol–water partition coefficient (Wildman–Crippen LogP) is 6.58. The molecule has 2 aliphatic heterocycles. The number of hydrogen-bond donors (Lipinski definition) is 6. The molecule has 4 aromatic carbocycles. The van der Waals surface area contributed by atoms with Crippen LogP contribution in [0.5, 0.6) is 23.0 Å². The van der Waals surface area contributed by atoms with Gasteiger partial charge in [-0.3, -0.25) is 4.79 Å². The maximum atomic E-state index is 12.8. The van der Waals surface area contributed by atoms with Crippen molar-refractivity contribution in [3.05, 3.63) is 111 Å². The Balaban J connectivity index is 0.879. The Hall–Kier alpha value is -5.34. The number of aliphatic hydroxyl groups excluding tert-OH is 4.